The fourth-order valence-corrected chi connectivity index (χ4v) is 2.34. The van der Waals surface area contributed by atoms with Gasteiger partial charge >= 0.3 is 0 Å². The predicted octanol–water partition coefficient (Wildman–Crippen LogP) is 3.56. The third-order valence-corrected chi connectivity index (χ3v) is 3.37. The summed E-state index contributed by atoms with van der Waals surface area (Å²) in [6.45, 7) is 2.00. The first-order valence-corrected chi connectivity index (χ1v) is 6.70. The maximum absolute atomic E-state index is 6.04. The highest BCUT2D eigenvalue weighted by molar-refractivity contribution is 5.67. The standard InChI is InChI=1S/C17H17N3/c1-13(18)16-9-5-6-10-17(16)14-11-19-20(12-14)15-7-3-2-4-8-15/h2-13H,18H2,1H3. The summed E-state index contributed by atoms with van der Waals surface area (Å²) in [5, 5.41) is 4.44. The summed E-state index contributed by atoms with van der Waals surface area (Å²) in [4.78, 5) is 0. The van der Waals surface area contributed by atoms with Crippen LogP contribution in [0.4, 0.5) is 0 Å². The van der Waals surface area contributed by atoms with Crippen LogP contribution in [-0.2, 0) is 0 Å². The van der Waals surface area contributed by atoms with Crippen molar-refractivity contribution in [2.45, 2.75) is 13.0 Å². The van der Waals surface area contributed by atoms with Crippen LogP contribution in [0.25, 0.3) is 16.8 Å². The van der Waals surface area contributed by atoms with Crippen molar-refractivity contribution in [3.63, 3.8) is 0 Å². The van der Waals surface area contributed by atoms with Crippen molar-refractivity contribution in [3.05, 3.63) is 72.6 Å². The van der Waals surface area contributed by atoms with E-state index in [1.54, 1.807) is 0 Å². The molecule has 1 aromatic heterocycles. The van der Waals surface area contributed by atoms with E-state index in [0.29, 0.717) is 0 Å². The first-order valence-electron chi connectivity index (χ1n) is 6.70. The molecule has 0 spiro atoms. The van der Waals surface area contributed by atoms with E-state index < -0.39 is 0 Å². The Balaban J connectivity index is 2.03. The Labute approximate surface area is 118 Å². The van der Waals surface area contributed by atoms with Gasteiger partial charge in [0.1, 0.15) is 0 Å². The Bertz CT molecular complexity index is 699. The lowest BCUT2D eigenvalue weighted by Gasteiger charge is -2.10. The van der Waals surface area contributed by atoms with Gasteiger partial charge in [-0.2, -0.15) is 5.10 Å². The Morgan fingerprint density at radius 1 is 1.00 bits per heavy atom. The van der Waals surface area contributed by atoms with Gasteiger partial charge in [0.15, 0.2) is 0 Å². The van der Waals surface area contributed by atoms with Gasteiger partial charge in [0.05, 0.1) is 11.9 Å². The summed E-state index contributed by atoms with van der Waals surface area (Å²) in [6.07, 6.45) is 3.92. The van der Waals surface area contributed by atoms with Crippen LogP contribution in [0, 0.1) is 0 Å². The third kappa shape index (κ3) is 2.36. The van der Waals surface area contributed by atoms with Crippen LogP contribution in [0.3, 0.4) is 0 Å². The van der Waals surface area contributed by atoms with Crippen molar-refractivity contribution in [1.29, 1.82) is 0 Å². The average Bonchev–Trinajstić information content (AvgIpc) is 2.98. The molecule has 0 aliphatic heterocycles. The van der Waals surface area contributed by atoms with E-state index in [1.807, 2.05) is 66.5 Å². The fraction of sp³-hybridized carbons (Fsp3) is 0.118. The first-order chi connectivity index (χ1) is 9.75. The maximum atomic E-state index is 6.04. The zero-order valence-corrected chi connectivity index (χ0v) is 11.4. The van der Waals surface area contributed by atoms with E-state index in [-0.39, 0.29) is 6.04 Å². The van der Waals surface area contributed by atoms with Crippen LogP contribution >= 0.6 is 0 Å². The van der Waals surface area contributed by atoms with Crippen molar-refractivity contribution in [1.82, 2.24) is 9.78 Å². The minimum absolute atomic E-state index is 0.00581. The molecule has 0 radical (unpaired) electrons. The lowest BCUT2D eigenvalue weighted by molar-refractivity contribution is 0.820. The van der Waals surface area contributed by atoms with Gasteiger partial charge < -0.3 is 5.73 Å². The van der Waals surface area contributed by atoms with Crippen molar-refractivity contribution in [2.75, 3.05) is 0 Å². The molecule has 1 atom stereocenters. The SMILES string of the molecule is CC(N)c1ccccc1-c1cnn(-c2ccccc2)c1. The number of aromatic nitrogens is 2. The normalized spacial score (nSPS) is 12.3. The van der Waals surface area contributed by atoms with Gasteiger partial charge in [0.25, 0.3) is 0 Å². The lowest BCUT2D eigenvalue weighted by Crippen LogP contribution is -2.06. The number of benzene rings is 2. The first kappa shape index (κ1) is 12.6. The summed E-state index contributed by atoms with van der Waals surface area (Å²) >= 11 is 0. The lowest BCUT2D eigenvalue weighted by atomic mass is 9.98. The largest absolute Gasteiger partial charge is 0.324 e. The number of hydrogen-bond donors (Lipinski definition) is 1. The zero-order valence-electron chi connectivity index (χ0n) is 11.4. The number of hydrogen-bond acceptors (Lipinski definition) is 2. The second-order valence-electron chi connectivity index (χ2n) is 4.89. The topological polar surface area (TPSA) is 43.8 Å². The molecule has 3 nitrogen and oxygen atoms in total. The van der Waals surface area contributed by atoms with Crippen molar-refractivity contribution in [2.24, 2.45) is 5.73 Å². The van der Waals surface area contributed by atoms with Gasteiger partial charge in [-0.1, -0.05) is 42.5 Å². The van der Waals surface area contributed by atoms with Crippen molar-refractivity contribution in [3.8, 4) is 16.8 Å². The molecule has 3 heteroatoms. The molecule has 0 saturated carbocycles. The molecule has 1 heterocycles. The number of nitrogens with zero attached hydrogens (tertiary/aromatic N) is 2. The molecule has 1 unspecified atom stereocenters. The molecular weight excluding hydrogens is 246 g/mol. The van der Waals surface area contributed by atoms with Gasteiger partial charge in [0.2, 0.25) is 0 Å². The highest BCUT2D eigenvalue weighted by Crippen LogP contribution is 2.27. The molecule has 0 saturated heterocycles. The summed E-state index contributed by atoms with van der Waals surface area (Å²) in [7, 11) is 0. The molecule has 20 heavy (non-hydrogen) atoms. The highest BCUT2D eigenvalue weighted by Gasteiger charge is 2.10. The summed E-state index contributed by atoms with van der Waals surface area (Å²) < 4.78 is 1.88. The second kappa shape index (κ2) is 5.31. The Kier molecular flexibility index (Phi) is 3.35. The van der Waals surface area contributed by atoms with Crippen LogP contribution in [0.15, 0.2) is 67.0 Å². The molecule has 0 fully saturated rings. The van der Waals surface area contributed by atoms with Crippen LogP contribution in [-0.4, -0.2) is 9.78 Å². The van der Waals surface area contributed by atoms with Crippen molar-refractivity contribution < 1.29 is 0 Å². The molecule has 3 aromatic rings. The van der Waals surface area contributed by atoms with Crippen LogP contribution in [0.2, 0.25) is 0 Å². The maximum Gasteiger partial charge on any atom is 0.0645 e. The molecule has 0 bridgehead atoms. The Morgan fingerprint density at radius 2 is 1.70 bits per heavy atom. The minimum Gasteiger partial charge on any atom is -0.324 e. The van der Waals surface area contributed by atoms with Gasteiger partial charge in [0, 0.05) is 17.8 Å². The van der Waals surface area contributed by atoms with E-state index in [4.69, 9.17) is 5.73 Å². The van der Waals surface area contributed by atoms with Crippen molar-refractivity contribution >= 4 is 0 Å². The monoisotopic (exact) mass is 263 g/mol. The highest BCUT2D eigenvalue weighted by atomic mass is 15.3. The molecule has 2 N–H and O–H groups in total. The molecule has 0 amide bonds. The van der Waals surface area contributed by atoms with E-state index >= 15 is 0 Å². The average molecular weight is 263 g/mol. The summed E-state index contributed by atoms with van der Waals surface area (Å²) in [5.41, 5.74) is 10.5. The number of nitrogens with two attached hydrogens (primary N) is 1. The van der Waals surface area contributed by atoms with E-state index in [0.717, 1.165) is 22.4 Å². The smallest absolute Gasteiger partial charge is 0.0645 e. The molecule has 100 valence electrons. The summed E-state index contributed by atoms with van der Waals surface area (Å²) in [5.74, 6) is 0. The predicted molar refractivity (Wildman–Crippen MR) is 81.6 cm³/mol. The Morgan fingerprint density at radius 3 is 2.45 bits per heavy atom. The quantitative estimate of drug-likeness (QED) is 0.785. The number of para-hydroxylation sites is 1. The Hall–Kier alpha value is -2.39. The van der Waals surface area contributed by atoms with Gasteiger partial charge in [-0.15, -0.1) is 0 Å². The van der Waals surface area contributed by atoms with E-state index in [2.05, 4.69) is 17.2 Å². The summed E-state index contributed by atoms with van der Waals surface area (Å²) in [6, 6.07) is 18.3. The molecule has 0 aliphatic rings. The molecule has 2 aromatic carbocycles. The second-order valence-corrected chi connectivity index (χ2v) is 4.89. The van der Waals surface area contributed by atoms with E-state index in [1.165, 1.54) is 0 Å². The molecule has 3 rings (SSSR count). The van der Waals surface area contributed by atoms with Crippen LogP contribution < -0.4 is 5.73 Å². The van der Waals surface area contributed by atoms with Crippen LogP contribution in [0.5, 0.6) is 0 Å². The molecule has 0 aliphatic carbocycles. The zero-order chi connectivity index (χ0) is 13.9. The van der Waals surface area contributed by atoms with E-state index in [9.17, 15) is 0 Å². The number of rotatable bonds is 3. The minimum atomic E-state index is 0.00581. The fourth-order valence-electron chi connectivity index (χ4n) is 2.34. The van der Waals surface area contributed by atoms with Gasteiger partial charge in [-0.05, 0) is 30.2 Å². The van der Waals surface area contributed by atoms with Gasteiger partial charge in [-0.25, -0.2) is 4.68 Å². The van der Waals surface area contributed by atoms with Crippen LogP contribution in [0.1, 0.15) is 18.5 Å². The third-order valence-electron chi connectivity index (χ3n) is 3.37. The van der Waals surface area contributed by atoms with Gasteiger partial charge in [-0.3, -0.25) is 0 Å². The molecular formula is C17H17N3.